The van der Waals surface area contributed by atoms with Crippen molar-refractivity contribution in [2.24, 2.45) is 45.8 Å². The van der Waals surface area contributed by atoms with Crippen LogP contribution in [0.4, 0.5) is 0 Å². The molecule has 2 spiro atoms. The van der Waals surface area contributed by atoms with Crippen molar-refractivity contribution in [3.05, 3.63) is 47.5 Å². The Hall–Kier alpha value is -2.22. The highest BCUT2D eigenvalue weighted by Crippen LogP contribution is 2.87. The number of likely N-dealkylation sites (tertiary alicyclic amines) is 1. The summed E-state index contributed by atoms with van der Waals surface area (Å²) in [5.41, 5.74) is 3.67. The summed E-state index contributed by atoms with van der Waals surface area (Å²) in [6, 6.07) is 10.6. The summed E-state index contributed by atoms with van der Waals surface area (Å²) in [6.45, 7) is 13.5. The predicted molar refractivity (Wildman–Crippen MR) is 205 cm³/mol. The van der Waals surface area contributed by atoms with Gasteiger partial charge in [-0.05, 0) is 117 Å². The number of nitrogens with zero attached hydrogens (tertiary/aromatic N) is 1. The van der Waals surface area contributed by atoms with E-state index in [0.717, 1.165) is 75.8 Å². The van der Waals surface area contributed by atoms with E-state index in [0.29, 0.717) is 49.2 Å². The number of piperidine rings is 1. The summed E-state index contributed by atoms with van der Waals surface area (Å²) >= 11 is 0. The van der Waals surface area contributed by atoms with Crippen molar-refractivity contribution < 1.29 is 19.4 Å². The predicted octanol–water partition coefficient (Wildman–Crippen LogP) is 7.22. The molecular formula is C45H67N3O4. The normalized spacial score (nSPS) is 43.1. The highest BCUT2D eigenvalue weighted by molar-refractivity contribution is 5.76. The van der Waals surface area contributed by atoms with Gasteiger partial charge in [0.1, 0.15) is 0 Å². The van der Waals surface area contributed by atoms with Crippen molar-refractivity contribution in [1.29, 1.82) is 0 Å². The minimum Gasteiger partial charge on any atom is -0.389 e. The molecule has 8 rings (SSSR count). The van der Waals surface area contributed by atoms with E-state index >= 15 is 0 Å². The number of ether oxygens (including phenoxy) is 1. The summed E-state index contributed by atoms with van der Waals surface area (Å²) in [5, 5.41) is 16.8. The lowest BCUT2D eigenvalue weighted by atomic mass is 9.56. The van der Waals surface area contributed by atoms with Crippen LogP contribution in [-0.2, 0) is 20.7 Å². The van der Waals surface area contributed by atoms with E-state index in [9.17, 15) is 14.7 Å². The van der Waals surface area contributed by atoms with Crippen LogP contribution in [0.15, 0.2) is 42.0 Å². The second-order valence-electron chi connectivity index (χ2n) is 19.2. The van der Waals surface area contributed by atoms with Gasteiger partial charge in [-0.1, -0.05) is 76.1 Å². The standard InChI is InChI=1S/C45H67N3O4/c1-30-25-38-41(48(28-30)24-23-47-39(50)13-9-6-10-22-46-40(51)17-14-32-11-7-5-8-12-32)31(2)45(52-38)21-19-36-35-16-15-33-26-34(49)18-20-42(33,3)37(35)27-44(36)29-43(44,45)4/h5,7-8,11-12,26,30-31,34-38,41,49H,6,9-10,13-25,27-29H2,1-4H3,(H,46,51)(H,47,50)/t30-,31+,34-,35-,36-,37-,38+,41-,42-,43?,44?,45?/m0/s1. The average molecular weight is 714 g/mol. The van der Waals surface area contributed by atoms with Gasteiger partial charge < -0.3 is 20.5 Å². The highest BCUT2D eigenvalue weighted by Gasteiger charge is 2.84. The van der Waals surface area contributed by atoms with Gasteiger partial charge in [-0.25, -0.2) is 0 Å². The van der Waals surface area contributed by atoms with Crippen LogP contribution in [0.1, 0.15) is 123 Å². The number of amides is 2. The number of carbonyl (C=O) groups excluding carboxylic acids is 2. The number of allylic oxidation sites excluding steroid dienone is 1. The Morgan fingerprint density at radius 3 is 2.56 bits per heavy atom. The third-order valence-corrected chi connectivity index (χ3v) is 16.6. The zero-order valence-electron chi connectivity index (χ0n) is 32.6. The fourth-order valence-electron chi connectivity index (χ4n) is 14.0. The molecule has 2 amide bonds. The van der Waals surface area contributed by atoms with Gasteiger partial charge in [-0.15, -0.1) is 0 Å². The first kappa shape index (κ1) is 36.7. The van der Waals surface area contributed by atoms with Crippen molar-refractivity contribution in [2.45, 2.75) is 148 Å². The SMILES string of the molecule is C[C@H]1C[C@H]2OC3(CC[C@H]4[C@@H]5CCC6=C[C@@H](O)CC[C@]6(C)[C@H]5CC45CC53C)[C@H](C)[C@@H]2N(CCNC(=O)CCCCCNC(=O)CCc2ccccc2)C1. The molecular weight excluding hydrogens is 647 g/mol. The molecule has 3 unspecified atom stereocenters. The molecule has 2 saturated heterocycles. The summed E-state index contributed by atoms with van der Waals surface area (Å²) in [5.74, 6) is 3.77. The summed E-state index contributed by atoms with van der Waals surface area (Å²) in [6.07, 6.45) is 17.8. The Morgan fingerprint density at radius 2 is 1.73 bits per heavy atom. The summed E-state index contributed by atoms with van der Waals surface area (Å²) in [7, 11) is 0. The van der Waals surface area contributed by atoms with Crippen molar-refractivity contribution in [1.82, 2.24) is 15.5 Å². The van der Waals surface area contributed by atoms with E-state index in [-0.39, 0.29) is 40.5 Å². The van der Waals surface area contributed by atoms with Crippen molar-refractivity contribution in [3.8, 4) is 0 Å². The number of hydrogen-bond acceptors (Lipinski definition) is 5. The van der Waals surface area contributed by atoms with E-state index in [1.807, 2.05) is 18.2 Å². The van der Waals surface area contributed by atoms with Gasteiger partial charge >= 0.3 is 0 Å². The van der Waals surface area contributed by atoms with E-state index in [2.05, 4.69) is 61.4 Å². The van der Waals surface area contributed by atoms with E-state index < -0.39 is 0 Å². The molecule has 0 radical (unpaired) electrons. The third kappa shape index (κ3) is 6.11. The molecule has 2 aliphatic heterocycles. The number of aliphatic hydroxyl groups excluding tert-OH is 1. The van der Waals surface area contributed by atoms with E-state index in [1.165, 1.54) is 44.1 Å². The van der Waals surface area contributed by atoms with Crippen LogP contribution in [0.2, 0.25) is 0 Å². The molecule has 1 aromatic rings. The minimum atomic E-state index is -0.238. The lowest BCUT2D eigenvalue weighted by Gasteiger charge is -2.50. The number of unbranched alkanes of at least 4 members (excludes halogenated alkanes) is 2. The van der Waals surface area contributed by atoms with Gasteiger partial charge in [0.15, 0.2) is 0 Å². The molecule has 2 heterocycles. The zero-order chi connectivity index (χ0) is 36.3. The maximum atomic E-state index is 12.8. The average Bonchev–Trinajstić information content (AvgIpc) is 3.47. The second-order valence-corrected chi connectivity index (χ2v) is 19.2. The molecule has 286 valence electrons. The molecule has 7 nitrogen and oxygen atoms in total. The van der Waals surface area contributed by atoms with Crippen molar-refractivity contribution in [3.63, 3.8) is 0 Å². The lowest BCUT2D eigenvalue weighted by Crippen LogP contribution is -2.55. The van der Waals surface area contributed by atoms with Crippen LogP contribution in [0.25, 0.3) is 0 Å². The molecule has 5 aliphatic carbocycles. The van der Waals surface area contributed by atoms with Crippen LogP contribution < -0.4 is 10.6 Å². The number of aliphatic hydroxyl groups is 1. The van der Waals surface area contributed by atoms with E-state index in [1.54, 1.807) is 5.57 Å². The summed E-state index contributed by atoms with van der Waals surface area (Å²) < 4.78 is 7.53. The maximum absolute atomic E-state index is 12.8. The highest BCUT2D eigenvalue weighted by atomic mass is 16.5. The Labute approximate surface area is 313 Å². The number of carbonyl (C=O) groups is 2. The lowest BCUT2D eigenvalue weighted by molar-refractivity contribution is -0.148. The van der Waals surface area contributed by atoms with Crippen molar-refractivity contribution >= 4 is 11.8 Å². The van der Waals surface area contributed by atoms with Crippen LogP contribution in [-0.4, -0.2) is 71.9 Å². The number of nitrogens with one attached hydrogen (secondary N) is 2. The van der Waals surface area contributed by atoms with Gasteiger partial charge in [0, 0.05) is 56.4 Å². The molecule has 7 heteroatoms. The monoisotopic (exact) mass is 714 g/mol. The molecule has 52 heavy (non-hydrogen) atoms. The van der Waals surface area contributed by atoms with Crippen molar-refractivity contribution in [2.75, 3.05) is 26.2 Å². The Kier molecular flexibility index (Phi) is 9.98. The number of fused-ring (bicyclic) bond motifs is 6. The Morgan fingerprint density at radius 1 is 0.942 bits per heavy atom. The molecule has 6 fully saturated rings. The smallest absolute Gasteiger partial charge is 0.220 e. The van der Waals surface area contributed by atoms with Crippen LogP contribution in [0, 0.1) is 45.8 Å². The molecule has 4 saturated carbocycles. The van der Waals surface area contributed by atoms with Gasteiger partial charge in [0.25, 0.3) is 0 Å². The van der Waals surface area contributed by atoms with Gasteiger partial charge in [-0.2, -0.15) is 0 Å². The molecule has 0 bridgehead atoms. The Balaban J connectivity index is 0.815. The van der Waals surface area contributed by atoms with Crippen LogP contribution >= 0.6 is 0 Å². The zero-order valence-corrected chi connectivity index (χ0v) is 32.6. The molecule has 3 N–H and O–H groups in total. The molecule has 0 aromatic heterocycles. The first-order valence-electron chi connectivity index (χ1n) is 21.4. The van der Waals surface area contributed by atoms with Crippen LogP contribution in [0.3, 0.4) is 0 Å². The minimum absolute atomic E-state index is 0.0401. The second kappa shape index (κ2) is 14.1. The van der Waals surface area contributed by atoms with Gasteiger partial charge in [0.2, 0.25) is 11.8 Å². The Bertz CT molecular complexity index is 1510. The van der Waals surface area contributed by atoms with Crippen LogP contribution in [0.5, 0.6) is 0 Å². The fourth-order valence-corrected chi connectivity index (χ4v) is 14.0. The van der Waals surface area contributed by atoms with E-state index in [4.69, 9.17) is 4.74 Å². The third-order valence-electron chi connectivity index (χ3n) is 16.6. The summed E-state index contributed by atoms with van der Waals surface area (Å²) in [4.78, 5) is 27.7. The number of hydrogen-bond donors (Lipinski definition) is 3. The first-order valence-corrected chi connectivity index (χ1v) is 21.4. The molecule has 7 aliphatic rings. The quantitative estimate of drug-likeness (QED) is 0.157. The van der Waals surface area contributed by atoms with Gasteiger partial charge in [0.05, 0.1) is 17.8 Å². The largest absolute Gasteiger partial charge is 0.389 e. The molecule has 12 atom stereocenters. The maximum Gasteiger partial charge on any atom is 0.220 e. The fraction of sp³-hybridized carbons (Fsp3) is 0.778. The molecule has 1 aromatic carbocycles. The number of aryl methyl sites for hydroxylation is 1. The number of rotatable bonds is 12. The topological polar surface area (TPSA) is 90.9 Å². The first-order chi connectivity index (χ1) is 25.0. The van der Waals surface area contributed by atoms with Gasteiger partial charge in [-0.3, -0.25) is 14.5 Å². The number of benzene rings is 1.